The monoisotopic (exact) mass is 804 g/mol. The lowest BCUT2D eigenvalue weighted by Gasteiger charge is -2.57. The van der Waals surface area contributed by atoms with Gasteiger partial charge in [-0.25, -0.2) is 0 Å². The Morgan fingerprint density at radius 1 is 0.328 bits per heavy atom. The van der Waals surface area contributed by atoms with Crippen molar-refractivity contribution in [1.82, 2.24) is 10.1 Å². The van der Waals surface area contributed by atoms with Crippen LogP contribution in [0.4, 0.5) is 0 Å². The van der Waals surface area contributed by atoms with E-state index in [0.29, 0.717) is 132 Å². The third-order valence-corrected chi connectivity index (χ3v) is 11.7. The molecule has 0 N–H and O–H groups in total. The van der Waals surface area contributed by atoms with Gasteiger partial charge in [-0.1, -0.05) is 72.8 Å². The molecule has 0 aromatic heterocycles. The van der Waals surface area contributed by atoms with E-state index in [-0.39, 0.29) is 10.8 Å². The van der Waals surface area contributed by atoms with Crippen molar-refractivity contribution in [2.45, 2.75) is 36.5 Å². The van der Waals surface area contributed by atoms with Gasteiger partial charge in [-0.15, -0.1) is 0 Å². The van der Waals surface area contributed by atoms with Crippen LogP contribution >= 0.6 is 0 Å². The van der Waals surface area contributed by atoms with Gasteiger partial charge in [0.2, 0.25) is 0 Å². The van der Waals surface area contributed by atoms with Gasteiger partial charge in [0.1, 0.15) is 0 Å². The lowest BCUT2D eigenvalue weighted by Crippen LogP contribution is -2.51. The molecule has 0 radical (unpaired) electrons. The van der Waals surface area contributed by atoms with Crippen LogP contribution in [0.1, 0.15) is 59.1 Å². The topological polar surface area (TPSA) is 98.8 Å². The second-order valence-corrected chi connectivity index (χ2v) is 15.1. The Morgan fingerprint density at radius 2 is 0.569 bits per heavy atom. The highest BCUT2D eigenvalue weighted by atomic mass is 16.7. The van der Waals surface area contributed by atoms with Crippen molar-refractivity contribution in [3.05, 3.63) is 106 Å². The van der Waals surface area contributed by atoms with Crippen LogP contribution < -0.4 is 0 Å². The fourth-order valence-corrected chi connectivity index (χ4v) is 9.19. The predicted octanol–water partition coefficient (Wildman–Crippen LogP) is 5.17. The van der Waals surface area contributed by atoms with E-state index in [2.05, 4.69) is 82.9 Å². The molecule has 0 unspecified atom stereocenters. The van der Waals surface area contributed by atoms with Crippen LogP contribution in [0.3, 0.4) is 0 Å². The van der Waals surface area contributed by atoms with Crippen LogP contribution in [0.2, 0.25) is 0 Å². The SMILES string of the molecule is c1ccc2c(c1)C1(CCCN3CCOCCOCCOCCOCCO3)c3ccccc3C2(CCCN2CCOCCOCCOCCOCCO2)c2ccccc21. The van der Waals surface area contributed by atoms with Gasteiger partial charge < -0.3 is 37.9 Å². The first-order chi connectivity index (χ1) is 28.8. The van der Waals surface area contributed by atoms with Crippen molar-refractivity contribution < 1.29 is 47.6 Å². The molecule has 3 aromatic rings. The molecule has 12 nitrogen and oxygen atoms in total. The summed E-state index contributed by atoms with van der Waals surface area (Å²) >= 11 is 0. The fraction of sp³-hybridized carbons (Fsp3) is 0.609. The number of ether oxygens (including phenoxy) is 8. The minimum absolute atomic E-state index is 0.288. The van der Waals surface area contributed by atoms with Gasteiger partial charge in [-0.05, 0) is 59.1 Å². The van der Waals surface area contributed by atoms with Crippen molar-refractivity contribution >= 4 is 0 Å². The van der Waals surface area contributed by atoms with E-state index in [4.69, 9.17) is 47.6 Å². The Kier molecular flexibility index (Phi) is 17.3. The van der Waals surface area contributed by atoms with Crippen LogP contribution in [0.25, 0.3) is 0 Å². The highest BCUT2D eigenvalue weighted by molar-refractivity contribution is 5.75. The highest BCUT2D eigenvalue weighted by Crippen LogP contribution is 2.64. The highest BCUT2D eigenvalue weighted by Gasteiger charge is 2.57. The zero-order valence-corrected chi connectivity index (χ0v) is 34.3. The van der Waals surface area contributed by atoms with E-state index in [9.17, 15) is 0 Å². The van der Waals surface area contributed by atoms with Crippen LogP contribution in [0.15, 0.2) is 72.8 Å². The Hall–Kier alpha value is -2.82. The summed E-state index contributed by atoms with van der Waals surface area (Å²) in [5.74, 6) is 0. The van der Waals surface area contributed by atoms with Gasteiger partial charge in [0.05, 0.1) is 119 Å². The van der Waals surface area contributed by atoms with Crippen molar-refractivity contribution in [3.8, 4) is 0 Å². The first kappa shape index (κ1) is 43.3. The van der Waals surface area contributed by atoms with Gasteiger partial charge in [0.25, 0.3) is 0 Å². The zero-order chi connectivity index (χ0) is 39.6. The normalized spacial score (nSPS) is 25.7. The third kappa shape index (κ3) is 10.7. The summed E-state index contributed by atoms with van der Waals surface area (Å²) in [6.07, 6.45) is 3.74. The lowest BCUT2D eigenvalue weighted by atomic mass is 9.45. The van der Waals surface area contributed by atoms with Crippen LogP contribution in [0.5, 0.6) is 0 Å². The van der Waals surface area contributed by atoms with Crippen LogP contribution in [-0.4, -0.2) is 155 Å². The summed E-state index contributed by atoms with van der Waals surface area (Å²) in [5.41, 5.74) is 7.91. The van der Waals surface area contributed by atoms with Crippen molar-refractivity contribution in [2.24, 2.45) is 0 Å². The van der Waals surface area contributed by atoms with E-state index in [0.717, 1.165) is 38.8 Å². The molecule has 0 amide bonds. The van der Waals surface area contributed by atoms with Gasteiger partial charge in [-0.2, -0.15) is 10.1 Å². The standard InChI is InChI=1S/C46H64N2O10/c1-2-10-40-39(9-1)45(15-7-17-47-19-21-49-23-25-51-27-29-53-31-33-55-35-37-57-47)41-11-3-5-13-43(41)46(40,44-14-6-4-12-42(44)45)16-8-18-48-20-22-50-24-26-52-28-30-54-32-34-56-36-38-58-48/h1-6,9-14H,7-8,15-38H2. The molecule has 318 valence electrons. The lowest BCUT2D eigenvalue weighted by molar-refractivity contribution is -0.179. The first-order valence-electron chi connectivity index (χ1n) is 21.5. The van der Waals surface area contributed by atoms with Crippen LogP contribution in [-0.2, 0) is 58.4 Å². The third-order valence-electron chi connectivity index (χ3n) is 11.7. The van der Waals surface area contributed by atoms with E-state index >= 15 is 0 Å². The minimum atomic E-state index is -0.288. The average Bonchev–Trinajstić information content (AvgIpc) is 3.25. The van der Waals surface area contributed by atoms with E-state index < -0.39 is 0 Å². The molecular weight excluding hydrogens is 741 g/mol. The Balaban J connectivity index is 1.08. The first-order valence-corrected chi connectivity index (χ1v) is 21.5. The number of hydroxylamine groups is 4. The average molecular weight is 805 g/mol. The molecule has 3 aliphatic carbocycles. The van der Waals surface area contributed by atoms with Gasteiger partial charge in [-0.3, -0.25) is 9.68 Å². The summed E-state index contributed by atoms with van der Waals surface area (Å²) in [4.78, 5) is 12.6. The number of nitrogens with zero attached hydrogens (tertiary/aromatic N) is 2. The predicted molar refractivity (Wildman–Crippen MR) is 219 cm³/mol. The molecule has 8 rings (SSSR count). The maximum atomic E-state index is 6.30. The summed E-state index contributed by atoms with van der Waals surface area (Å²) in [6.45, 7) is 12.6. The van der Waals surface area contributed by atoms with Gasteiger partial charge >= 0.3 is 0 Å². The molecule has 2 fully saturated rings. The second kappa shape index (κ2) is 23.3. The van der Waals surface area contributed by atoms with Crippen LogP contribution in [0, 0.1) is 0 Å². The van der Waals surface area contributed by atoms with Crippen molar-refractivity contribution in [1.29, 1.82) is 0 Å². The van der Waals surface area contributed by atoms with E-state index in [1.165, 1.54) is 33.4 Å². The molecule has 3 aromatic carbocycles. The maximum absolute atomic E-state index is 6.30. The zero-order valence-electron chi connectivity index (χ0n) is 34.3. The summed E-state index contributed by atoms with van der Waals surface area (Å²) < 4.78 is 45.9. The Labute approximate surface area is 344 Å². The molecule has 58 heavy (non-hydrogen) atoms. The quantitative estimate of drug-likeness (QED) is 0.301. The second-order valence-electron chi connectivity index (χ2n) is 15.1. The Bertz CT molecular complexity index is 1380. The minimum Gasteiger partial charge on any atom is -0.378 e. The maximum Gasteiger partial charge on any atom is 0.0918 e. The van der Waals surface area contributed by atoms with E-state index in [1.807, 2.05) is 0 Å². The molecule has 12 heteroatoms. The summed E-state index contributed by atoms with van der Waals surface area (Å²) in [6, 6.07) is 27.6. The number of rotatable bonds is 8. The number of hydrogen-bond acceptors (Lipinski definition) is 12. The largest absolute Gasteiger partial charge is 0.378 e. The van der Waals surface area contributed by atoms with Gasteiger partial charge in [0.15, 0.2) is 0 Å². The molecule has 0 spiro atoms. The summed E-state index contributed by atoms with van der Waals surface area (Å²) in [7, 11) is 0. The number of benzene rings is 3. The molecule has 2 aliphatic heterocycles. The van der Waals surface area contributed by atoms with E-state index in [1.54, 1.807) is 0 Å². The van der Waals surface area contributed by atoms with Gasteiger partial charge in [0, 0.05) is 37.0 Å². The molecular formula is C46H64N2O10. The van der Waals surface area contributed by atoms with Crippen molar-refractivity contribution in [3.63, 3.8) is 0 Å². The number of hydrogen-bond donors (Lipinski definition) is 0. The summed E-state index contributed by atoms with van der Waals surface area (Å²) in [5, 5.41) is 4.13. The molecule has 0 saturated carbocycles. The molecule has 2 saturated heterocycles. The fourth-order valence-electron chi connectivity index (χ4n) is 9.19. The Morgan fingerprint density at radius 3 is 0.845 bits per heavy atom. The van der Waals surface area contributed by atoms with Crippen molar-refractivity contribution in [2.75, 3.05) is 145 Å². The molecule has 2 heterocycles. The smallest absolute Gasteiger partial charge is 0.0918 e. The molecule has 2 bridgehead atoms. The molecule has 5 aliphatic rings. The molecule has 0 atom stereocenters.